The lowest BCUT2D eigenvalue weighted by molar-refractivity contribution is -0.141. The number of methoxy groups -OCH3 is 1. The maximum Gasteiger partial charge on any atom is 0.308 e. The Hall–Kier alpha value is -5.48. The Bertz CT molecular complexity index is 2250. The fraction of sp³-hybridized carbons (Fsp3) is 0.368. The summed E-state index contributed by atoms with van der Waals surface area (Å²) in [6, 6.07) is 8.29. The summed E-state index contributed by atoms with van der Waals surface area (Å²) in [5.41, 5.74) is 4.15. The third kappa shape index (κ3) is 7.48. The molecule has 0 spiro atoms. The second-order valence-corrected chi connectivity index (χ2v) is 15.0. The Morgan fingerprint density at radius 3 is 2.58 bits per heavy atom. The van der Waals surface area contributed by atoms with Crippen molar-refractivity contribution in [2.75, 3.05) is 25.5 Å². The van der Waals surface area contributed by atoms with Gasteiger partial charge in [0.05, 0.1) is 24.1 Å². The molecule has 4 aromatic rings. The van der Waals surface area contributed by atoms with Gasteiger partial charge in [-0.1, -0.05) is 23.7 Å². The Labute approximate surface area is 324 Å². The van der Waals surface area contributed by atoms with Crippen molar-refractivity contribution >= 4 is 63.9 Å². The number of ether oxygens (including phenoxy) is 1. The van der Waals surface area contributed by atoms with E-state index in [1.807, 2.05) is 30.5 Å². The van der Waals surface area contributed by atoms with Crippen LogP contribution >= 0.6 is 22.9 Å². The van der Waals surface area contributed by atoms with Crippen LogP contribution in [0.2, 0.25) is 5.02 Å². The normalized spacial score (nSPS) is 17.5. The van der Waals surface area contributed by atoms with Crippen LogP contribution in [-0.2, 0) is 25.7 Å². The van der Waals surface area contributed by atoms with E-state index in [2.05, 4.69) is 26.1 Å². The molecule has 5 heterocycles. The molecule has 7 rings (SSSR count). The zero-order chi connectivity index (χ0) is 39.0. The van der Waals surface area contributed by atoms with E-state index in [-0.39, 0.29) is 43.2 Å². The molecule has 4 amide bonds. The number of unbranched alkanes of at least 4 members (excludes halogenated alkanes) is 2. The number of hydrogen-bond donors (Lipinski definition) is 3. The van der Waals surface area contributed by atoms with Crippen LogP contribution in [-0.4, -0.2) is 81.2 Å². The monoisotopic (exact) mass is 788 g/mol. The molecule has 3 aliphatic rings. The number of esters is 1. The predicted octanol–water partition coefficient (Wildman–Crippen LogP) is 4.97. The minimum Gasteiger partial charge on any atom is -0.469 e. The summed E-state index contributed by atoms with van der Waals surface area (Å²) in [4.78, 5) is 70.2. The number of aryl methyl sites for hydroxylation is 1. The highest BCUT2D eigenvalue weighted by molar-refractivity contribution is 7.17. The number of benzene rings is 2. The van der Waals surface area contributed by atoms with Gasteiger partial charge >= 0.3 is 5.97 Å². The molecule has 0 saturated carbocycles. The number of nitrogens with one attached hydrogen (secondary N) is 3. The molecule has 1 unspecified atom stereocenters. The zero-order valence-corrected chi connectivity index (χ0v) is 31.9. The van der Waals surface area contributed by atoms with Crippen LogP contribution in [0.25, 0.3) is 5.00 Å². The molecule has 2 aromatic heterocycles. The molecular weight excluding hydrogens is 751 g/mol. The number of aliphatic imine (C=N–C) groups is 1. The fourth-order valence-corrected chi connectivity index (χ4v) is 8.60. The number of carbonyl (C=O) groups is 5. The number of amides is 4. The molecule has 3 aliphatic heterocycles. The maximum absolute atomic E-state index is 14.6. The van der Waals surface area contributed by atoms with E-state index in [1.165, 1.54) is 35.5 Å². The first kappa shape index (κ1) is 37.8. The number of piperidine rings is 1. The van der Waals surface area contributed by atoms with Gasteiger partial charge in [0.15, 0.2) is 5.82 Å². The number of aromatic nitrogens is 3. The number of fused-ring (bicyclic) bond motifs is 4. The summed E-state index contributed by atoms with van der Waals surface area (Å²) in [5, 5.41) is 18.5. The van der Waals surface area contributed by atoms with Gasteiger partial charge in [-0.2, -0.15) is 0 Å². The van der Waals surface area contributed by atoms with Gasteiger partial charge in [0.25, 0.3) is 11.8 Å². The van der Waals surface area contributed by atoms with Gasteiger partial charge in [-0.05, 0) is 69.4 Å². The Kier molecular flexibility index (Phi) is 10.8. The van der Waals surface area contributed by atoms with Crippen molar-refractivity contribution in [3.63, 3.8) is 0 Å². The van der Waals surface area contributed by atoms with Crippen molar-refractivity contribution in [3.8, 4) is 5.00 Å². The van der Waals surface area contributed by atoms with Crippen molar-refractivity contribution in [2.24, 2.45) is 4.99 Å². The summed E-state index contributed by atoms with van der Waals surface area (Å²) in [6.07, 6.45) is 2.46. The smallest absolute Gasteiger partial charge is 0.308 e. The summed E-state index contributed by atoms with van der Waals surface area (Å²) in [5.74, 6) is -1.52. The highest BCUT2D eigenvalue weighted by atomic mass is 35.5. The van der Waals surface area contributed by atoms with E-state index in [1.54, 1.807) is 12.1 Å². The number of halogens is 2. The lowest BCUT2D eigenvalue weighted by Gasteiger charge is -2.29. The Morgan fingerprint density at radius 1 is 1.07 bits per heavy atom. The lowest BCUT2D eigenvalue weighted by Crippen LogP contribution is -2.52. The number of nitrogens with zero attached hydrogens (tertiary/aromatic N) is 5. The van der Waals surface area contributed by atoms with Gasteiger partial charge in [0.2, 0.25) is 11.8 Å². The fourth-order valence-electron chi connectivity index (χ4n) is 7.20. The number of thiophene rings is 1. The van der Waals surface area contributed by atoms with Crippen LogP contribution in [0, 0.1) is 19.7 Å². The molecule has 3 N–H and O–H groups in total. The number of hydrogen-bond acceptors (Lipinski definition) is 11. The summed E-state index contributed by atoms with van der Waals surface area (Å²) in [7, 11) is 1.32. The number of anilines is 1. The van der Waals surface area contributed by atoms with E-state index in [9.17, 15) is 28.4 Å². The predicted molar refractivity (Wildman–Crippen MR) is 202 cm³/mol. The van der Waals surface area contributed by atoms with Gasteiger partial charge in [0.1, 0.15) is 28.7 Å². The number of imide groups is 1. The summed E-state index contributed by atoms with van der Waals surface area (Å²) < 4.78 is 21.4. The van der Waals surface area contributed by atoms with Crippen molar-refractivity contribution in [1.82, 2.24) is 30.3 Å². The minimum atomic E-state index is -0.787. The van der Waals surface area contributed by atoms with Gasteiger partial charge < -0.3 is 20.3 Å². The molecule has 0 radical (unpaired) electrons. The summed E-state index contributed by atoms with van der Waals surface area (Å²) >= 11 is 7.52. The van der Waals surface area contributed by atoms with Gasteiger partial charge in [-0.25, -0.2) is 4.39 Å². The molecule has 2 atom stereocenters. The van der Waals surface area contributed by atoms with Crippen molar-refractivity contribution in [1.29, 1.82) is 0 Å². The van der Waals surface area contributed by atoms with Crippen LogP contribution in [0.5, 0.6) is 0 Å². The standard InChI is InChI=1S/C38H38ClFN8O6S/c1-19-31-32(21-7-9-22(39)10-8-21)43-27(17-30(50)54-3)34-46-45-20(2)48(34)38(31)55-33(19)36(52)42-14-6-4-5-13-41-26-16-23(40)15-24-25(26)18-47(37(24)53)28-11-12-29(49)44-35(28)51/h7-10,15-16,27-28,41H,4-6,11-14,17-18H2,1-3H3,(H,42,52)(H,44,49,51)/t27-,28?/m0/s1. The molecule has 0 bridgehead atoms. The van der Waals surface area contributed by atoms with Crippen LogP contribution < -0.4 is 16.0 Å². The minimum absolute atomic E-state index is 0.0458. The van der Waals surface area contributed by atoms with E-state index >= 15 is 0 Å². The average molecular weight is 789 g/mol. The maximum atomic E-state index is 14.6. The van der Waals surface area contributed by atoms with Crippen molar-refractivity contribution in [2.45, 2.75) is 71.0 Å². The molecule has 14 nitrogen and oxygen atoms in total. The molecular formula is C38H38ClFN8O6S. The molecule has 17 heteroatoms. The first-order chi connectivity index (χ1) is 26.4. The first-order valence-electron chi connectivity index (χ1n) is 17.9. The van der Waals surface area contributed by atoms with Crippen LogP contribution in [0.3, 0.4) is 0 Å². The number of carbonyl (C=O) groups excluding carboxylic acids is 5. The number of rotatable bonds is 12. The van der Waals surface area contributed by atoms with Gasteiger partial charge in [-0.15, -0.1) is 21.5 Å². The van der Waals surface area contributed by atoms with Crippen molar-refractivity contribution in [3.05, 3.63) is 91.6 Å². The Balaban J connectivity index is 0.997. The molecule has 1 fully saturated rings. The van der Waals surface area contributed by atoms with Crippen LogP contribution in [0.15, 0.2) is 41.4 Å². The van der Waals surface area contributed by atoms with E-state index in [4.69, 9.17) is 21.3 Å². The first-order valence-corrected chi connectivity index (χ1v) is 19.1. The molecule has 286 valence electrons. The van der Waals surface area contributed by atoms with Crippen LogP contribution in [0.1, 0.15) is 98.5 Å². The van der Waals surface area contributed by atoms with Crippen molar-refractivity contribution < 1.29 is 33.1 Å². The van der Waals surface area contributed by atoms with Gasteiger partial charge in [0, 0.05) is 59.0 Å². The molecule has 2 aromatic carbocycles. The topological polar surface area (TPSA) is 177 Å². The molecule has 0 aliphatic carbocycles. The highest BCUT2D eigenvalue weighted by Gasteiger charge is 2.40. The molecule has 55 heavy (non-hydrogen) atoms. The van der Waals surface area contributed by atoms with Gasteiger partial charge in [-0.3, -0.25) is 38.8 Å². The Morgan fingerprint density at radius 2 is 1.84 bits per heavy atom. The second-order valence-electron chi connectivity index (χ2n) is 13.6. The largest absolute Gasteiger partial charge is 0.469 e. The lowest BCUT2D eigenvalue weighted by atomic mass is 9.99. The summed E-state index contributed by atoms with van der Waals surface area (Å²) in [6.45, 7) is 4.74. The van der Waals surface area contributed by atoms with Crippen LogP contribution in [0.4, 0.5) is 10.1 Å². The van der Waals surface area contributed by atoms with E-state index < -0.39 is 35.7 Å². The quantitative estimate of drug-likeness (QED) is 0.102. The third-order valence-electron chi connectivity index (χ3n) is 9.99. The van der Waals surface area contributed by atoms with E-state index in [0.29, 0.717) is 64.4 Å². The second kappa shape index (κ2) is 15.7. The van der Waals surface area contributed by atoms with E-state index in [0.717, 1.165) is 28.1 Å². The highest BCUT2D eigenvalue weighted by Crippen LogP contribution is 2.40. The average Bonchev–Trinajstić information content (AvgIpc) is 3.78. The molecule has 1 saturated heterocycles. The third-order valence-corrected chi connectivity index (χ3v) is 11.5. The zero-order valence-electron chi connectivity index (χ0n) is 30.3. The SMILES string of the molecule is COC(=O)C[C@@H]1N=C(c2ccc(Cl)cc2)c2c(sc(C(=O)NCCCCCNc3cc(F)cc4c3CN(C3CCC(=O)NC3=O)C4=O)c2C)-n2c(C)nnc21.